The van der Waals surface area contributed by atoms with Gasteiger partial charge in [-0.05, 0) is 30.5 Å². The molecule has 5 heteroatoms. The minimum Gasteiger partial charge on any atom is -0.384 e. The zero-order chi connectivity index (χ0) is 16.5. The predicted octanol–water partition coefficient (Wildman–Crippen LogP) is 3.50. The molecule has 0 bridgehead atoms. The molecule has 0 aromatic heterocycles. The van der Waals surface area contributed by atoms with Crippen molar-refractivity contribution in [1.82, 2.24) is 0 Å². The van der Waals surface area contributed by atoms with Gasteiger partial charge >= 0.3 is 0 Å². The van der Waals surface area contributed by atoms with Gasteiger partial charge in [0.1, 0.15) is 0 Å². The maximum atomic E-state index is 11.7. The molecule has 2 aromatic rings. The van der Waals surface area contributed by atoms with Gasteiger partial charge in [0.15, 0.2) is 9.84 Å². The second-order valence-corrected chi connectivity index (χ2v) is 7.42. The van der Waals surface area contributed by atoms with Crippen molar-refractivity contribution in [3.63, 3.8) is 0 Å². The van der Waals surface area contributed by atoms with Crippen LogP contribution < -0.4 is 5.32 Å². The van der Waals surface area contributed by atoms with Crippen LogP contribution in [0.25, 0.3) is 0 Å². The largest absolute Gasteiger partial charge is 0.384 e. The van der Waals surface area contributed by atoms with Gasteiger partial charge in [0, 0.05) is 19.4 Å². The van der Waals surface area contributed by atoms with Gasteiger partial charge in [-0.3, -0.25) is 0 Å². The quantitative estimate of drug-likeness (QED) is 0.714. The zero-order valence-corrected chi connectivity index (χ0v) is 14.2. The van der Waals surface area contributed by atoms with Crippen LogP contribution in [0.3, 0.4) is 0 Å². The van der Waals surface area contributed by atoms with Gasteiger partial charge in [-0.15, -0.1) is 0 Å². The van der Waals surface area contributed by atoms with Crippen LogP contribution in [0.4, 0.5) is 5.69 Å². The highest BCUT2D eigenvalue weighted by Gasteiger charge is 2.11. The van der Waals surface area contributed by atoms with Gasteiger partial charge in [0.2, 0.25) is 0 Å². The summed E-state index contributed by atoms with van der Waals surface area (Å²) in [7, 11) is -3.20. The van der Waals surface area contributed by atoms with E-state index in [-0.39, 0.29) is 0 Å². The molecule has 2 rings (SSSR count). The van der Waals surface area contributed by atoms with Crippen LogP contribution in [-0.2, 0) is 21.2 Å². The molecule has 2 aromatic carbocycles. The van der Waals surface area contributed by atoms with Crippen molar-refractivity contribution >= 4 is 15.5 Å². The Morgan fingerprint density at radius 1 is 0.957 bits per heavy atom. The summed E-state index contributed by atoms with van der Waals surface area (Å²) in [6.07, 6.45) is 3.08. The Kier molecular flexibility index (Phi) is 6.62. The van der Waals surface area contributed by atoms with Gasteiger partial charge in [-0.1, -0.05) is 42.5 Å². The third kappa shape index (κ3) is 6.04. The van der Waals surface area contributed by atoms with Crippen molar-refractivity contribution in [2.45, 2.75) is 24.3 Å². The fourth-order valence-electron chi connectivity index (χ4n) is 2.25. The van der Waals surface area contributed by atoms with Crippen LogP contribution in [0.1, 0.15) is 18.4 Å². The van der Waals surface area contributed by atoms with E-state index < -0.39 is 9.84 Å². The van der Waals surface area contributed by atoms with Gasteiger partial charge in [0.05, 0.1) is 17.2 Å². The van der Waals surface area contributed by atoms with E-state index in [9.17, 15) is 8.42 Å². The monoisotopic (exact) mass is 333 g/mol. The maximum absolute atomic E-state index is 11.7. The number of benzene rings is 2. The Morgan fingerprint density at radius 2 is 1.65 bits per heavy atom. The molecule has 0 saturated carbocycles. The Hall–Kier alpha value is -1.85. The lowest BCUT2D eigenvalue weighted by Crippen LogP contribution is -2.08. The Balaban J connectivity index is 1.66. The van der Waals surface area contributed by atoms with Crippen LogP contribution >= 0.6 is 0 Å². The van der Waals surface area contributed by atoms with E-state index in [4.69, 9.17) is 4.74 Å². The minimum absolute atomic E-state index is 0.348. The van der Waals surface area contributed by atoms with Gasteiger partial charge in [-0.2, -0.15) is 0 Å². The van der Waals surface area contributed by atoms with Crippen LogP contribution in [0.15, 0.2) is 59.5 Å². The number of para-hydroxylation sites is 1. The van der Waals surface area contributed by atoms with Crippen LogP contribution in [0.2, 0.25) is 0 Å². The molecule has 0 heterocycles. The summed E-state index contributed by atoms with van der Waals surface area (Å²) < 4.78 is 29.0. The molecule has 0 amide bonds. The average Bonchev–Trinajstić information content (AvgIpc) is 2.54. The Labute approximate surface area is 138 Å². The number of sulfone groups is 1. The zero-order valence-electron chi connectivity index (χ0n) is 13.4. The normalized spacial score (nSPS) is 11.3. The number of unbranched alkanes of at least 4 members (excludes halogenated alkanes) is 1. The van der Waals surface area contributed by atoms with Crippen molar-refractivity contribution in [2.24, 2.45) is 0 Å². The maximum Gasteiger partial charge on any atom is 0.177 e. The molecule has 0 fully saturated rings. The minimum atomic E-state index is -3.20. The molecule has 0 unspecified atom stereocenters. The summed E-state index contributed by atoms with van der Waals surface area (Å²) >= 11 is 0. The van der Waals surface area contributed by atoms with Crippen molar-refractivity contribution in [3.05, 3.63) is 60.2 Å². The molecule has 23 heavy (non-hydrogen) atoms. The molecule has 0 aliphatic heterocycles. The second kappa shape index (κ2) is 8.70. The van der Waals surface area contributed by atoms with E-state index >= 15 is 0 Å². The SMILES string of the molecule is CS(=O)(=O)c1ccccc1NCCCCOCc1ccccc1. The molecule has 0 radical (unpaired) electrons. The van der Waals surface area contributed by atoms with E-state index in [0.29, 0.717) is 23.8 Å². The Morgan fingerprint density at radius 3 is 2.39 bits per heavy atom. The first kappa shape index (κ1) is 17.5. The fraction of sp³-hybridized carbons (Fsp3) is 0.333. The summed E-state index contributed by atoms with van der Waals surface area (Å²) in [5.41, 5.74) is 1.84. The molecular formula is C18H23NO3S. The molecular weight excluding hydrogens is 310 g/mol. The molecule has 124 valence electrons. The molecule has 0 aliphatic carbocycles. The van der Waals surface area contributed by atoms with E-state index in [2.05, 4.69) is 5.32 Å². The van der Waals surface area contributed by atoms with Crippen molar-refractivity contribution in [1.29, 1.82) is 0 Å². The van der Waals surface area contributed by atoms with E-state index in [1.807, 2.05) is 36.4 Å². The lowest BCUT2D eigenvalue weighted by atomic mass is 10.2. The molecule has 0 spiro atoms. The van der Waals surface area contributed by atoms with Crippen LogP contribution in [0, 0.1) is 0 Å². The lowest BCUT2D eigenvalue weighted by molar-refractivity contribution is 0.118. The summed E-state index contributed by atoms with van der Waals surface area (Å²) in [4.78, 5) is 0.348. The predicted molar refractivity (Wildman–Crippen MR) is 93.4 cm³/mol. The van der Waals surface area contributed by atoms with Crippen LogP contribution in [-0.4, -0.2) is 27.8 Å². The summed E-state index contributed by atoms with van der Waals surface area (Å²) in [5, 5.41) is 3.19. The first-order chi connectivity index (χ1) is 11.1. The first-order valence-corrected chi connectivity index (χ1v) is 9.61. The molecule has 0 atom stereocenters. The number of rotatable bonds is 9. The number of ether oxygens (including phenoxy) is 1. The van der Waals surface area contributed by atoms with Gasteiger partial charge < -0.3 is 10.1 Å². The highest BCUT2D eigenvalue weighted by Crippen LogP contribution is 2.20. The summed E-state index contributed by atoms with van der Waals surface area (Å²) in [6, 6.07) is 17.1. The third-order valence-corrected chi connectivity index (χ3v) is 4.58. The number of hydrogen-bond acceptors (Lipinski definition) is 4. The molecule has 4 nitrogen and oxygen atoms in total. The standard InChI is InChI=1S/C18H23NO3S/c1-23(20,21)18-12-6-5-11-17(18)19-13-7-8-14-22-15-16-9-3-2-4-10-16/h2-6,9-12,19H,7-8,13-15H2,1H3. The average molecular weight is 333 g/mol. The molecule has 0 aliphatic rings. The topological polar surface area (TPSA) is 55.4 Å². The summed E-state index contributed by atoms with van der Waals surface area (Å²) in [6.45, 7) is 2.05. The number of nitrogens with one attached hydrogen (secondary N) is 1. The third-order valence-electron chi connectivity index (χ3n) is 3.43. The van der Waals surface area contributed by atoms with Crippen molar-refractivity contribution in [3.8, 4) is 0 Å². The highest BCUT2D eigenvalue weighted by molar-refractivity contribution is 7.90. The van der Waals surface area contributed by atoms with E-state index in [1.54, 1.807) is 18.2 Å². The number of anilines is 1. The van der Waals surface area contributed by atoms with Gasteiger partial charge in [0.25, 0.3) is 0 Å². The van der Waals surface area contributed by atoms with E-state index in [1.165, 1.54) is 11.8 Å². The number of hydrogen-bond donors (Lipinski definition) is 1. The smallest absolute Gasteiger partial charge is 0.177 e. The van der Waals surface area contributed by atoms with Gasteiger partial charge in [-0.25, -0.2) is 8.42 Å². The van der Waals surface area contributed by atoms with E-state index in [0.717, 1.165) is 19.4 Å². The second-order valence-electron chi connectivity index (χ2n) is 5.44. The Bertz CT molecular complexity index is 699. The van der Waals surface area contributed by atoms with Crippen molar-refractivity contribution in [2.75, 3.05) is 24.7 Å². The van der Waals surface area contributed by atoms with Crippen molar-refractivity contribution < 1.29 is 13.2 Å². The fourth-order valence-corrected chi connectivity index (χ4v) is 3.12. The first-order valence-electron chi connectivity index (χ1n) is 7.72. The molecule has 0 saturated heterocycles. The highest BCUT2D eigenvalue weighted by atomic mass is 32.2. The molecule has 1 N–H and O–H groups in total. The summed E-state index contributed by atoms with van der Waals surface area (Å²) in [5.74, 6) is 0. The lowest BCUT2D eigenvalue weighted by Gasteiger charge is -2.10. The van der Waals surface area contributed by atoms with Crippen LogP contribution in [0.5, 0.6) is 0 Å².